The van der Waals surface area contributed by atoms with Crippen LogP contribution in [0.3, 0.4) is 0 Å². The van der Waals surface area contributed by atoms with Gasteiger partial charge >= 0.3 is 6.61 Å². The number of aromatic nitrogens is 2. The van der Waals surface area contributed by atoms with Crippen LogP contribution in [0.5, 0.6) is 11.5 Å². The van der Waals surface area contributed by atoms with Crippen molar-refractivity contribution in [1.82, 2.24) is 14.7 Å². The van der Waals surface area contributed by atoms with Gasteiger partial charge < -0.3 is 9.47 Å². The van der Waals surface area contributed by atoms with E-state index in [1.54, 1.807) is 29.9 Å². The molecule has 5 nitrogen and oxygen atoms in total. The normalized spacial score (nSPS) is 11.3. The van der Waals surface area contributed by atoms with Gasteiger partial charge in [0.25, 0.3) is 0 Å². The van der Waals surface area contributed by atoms with E-state index in [9.17, 15) is 8.78 Å². The van der Waals surface area contributed by atoms with Crippen molar-refractivity contribution in [3.63, 3.8) is 0 Å². The van der Waals surface area contributed by atoms with E-state index in [1.165, 1.54) is 6.07 Å². The molecule has 0 radical (unpaired) electrons. The van der Waals surface area contributed by atoms with Crippen molar-refractivity contribution < 1.29 is 18.3 Å². The summed E-state index contributed by atoms with van der Waals surface area (Å²) < 4.78 is 37.3. The van der Waals surface area contributed by atoms with Crippen LogP contribution in [0.4, 0.5) is 8.78 Å². The largest absolute Gasteiger partial charge is 0.490 e. The first-order chi connectivity index (χ1) is 11.0. The second-order valence-electron chi connectivity index (χ2n) is 4.95. The lowest BCUT2D eigenvalue weighted by molar-refractivity contribution is -0.0514. The quantitative estimate of drug-likeness (QED) is 0.689. The maximum atomic E-state index is 12.4. The Kier molecular flexibility index (Phi) is 6.35. The Bertz CT molecular complexity index is 637. The first kappa shape index (κ1) is 17.7. The lowest BCUT2D eigenvalue weighted by Gasteiger charge is -2.18. The zero-order valence-corrected chi connectivity index (χ0v) is 14.5. The van der Waals surface area contributed by atoms with Gasteiger partial charge in [0.15, 0.2) is 11.5 Å². The molecule has 0 amide bonds. The molecule has 0 saturated carbocycles. The smallest absolute Gasteiger partial charge is 0.387 e. The maximum Gasteiger partial charge on any atom is 0.387 e. The first-order valence-electron chi connectivity index (χ1n) is 7.05. The van der Waals surface area contributed by atoms with Crippen LogP contribution in [0.2, 0.25) is 0 Å². The molecule has 0 aliphatic rings. The predicted octanol–water partition coefficient (Wildman–Crippen LogP) is 3.74. The third kappa shape index (κ3) is 5.47. The van der Waals surface area contributed by atoms with Crippen LogP contribution < -0.4 is 9.47 Å². The van der Waals surface area contributed by atoms with Crippen LogP contribution in [-0.2, 0) is 13.2 Å². The molecule has 1 aromatic heterocycles. The highest BCUT2D eigenvalue weighted by Gasteiger charge is 2.12. The summed E-state index contributed by atoms with van der Waals surface area (Å²) in [7, 11) is 1.94. The minimum atomic E-state index is -2.87. The highest BCUT2D eigenvalue weighted by atomic mass is 79.9. The van der Waals surface area contributed by atoms with Crippen molar-refractivity contribution in [3.8, 4) is 11.5 Å². The summed E-state index contributed by atoms with van der Waals surface area (Å²) in [5.41, 5.74) is 0.934. The fourth-order valence-corrected chi connectivity index (χ4v) is 2.47. The fraction of sp³-hybridized carbons (Fsp3) is 0.400. The molecule has 0 bridgehead atoms. The molecule has 2 aromatic rings. The van der Waals surface area contributed by atoms with Gasteiger partial charge in [-0.05, 0) is 47.6 Å². The van der Waals surface area contributed by atoms with Crippen molar-refractivity contribution in [2.24, 2.45) is 0 Å². The van der Waals surface area contributed by atoms with Crippen LogP contribution in [0.1, 0.15) is 12.5 Å². The minimum Gasteiger partial charge on any atom is -0.490 e. The molecule has 0 spiro atoms. The van der Waals surface area contributed by atoms with E-state index in [0.717, 1.165) is 10.0 Å². The third-order valence-corrected chi connectivity index (χ3v) is 3.37. The molecule has 0 saturated heterocycles. The van der Waals surface area contributed by atoms with Gasteiger partial charge in [-0.1, -0.05) is 6.07 Å². The lowest BCUT2D eigenvalue weighted by atomic mass is 10.2. The van der Waals surface area contributed by atoms with Crippen LogP contribution in [-0.4, -0.2) is 34.9 Å². The van der Waals surface area contributed by atoms with E-state index in [2.05, 4.69) is 25.8 Å². The van der Waals surface area contributed by atoms with Crippen molar-refractivity contribution >= 4 is 15.9 Å². The number of hydrogen-bond acceptors (Lipinski definition) is 4. The summed E-state index contributed by atoms with van der Waals surface area (Å²) in [6.45, 7) is 0.513. The Morgan fingerprint density at radius 1 is 1.35 bits per heavy atom. The SMILES string of the molecule is CCOc1cc(CN(C)Cn2cc(Br)cn2)ccc1OC(F)F. The van der Waals surface area contributed by atoms with Gasteiger partial charge in [-0.15, -0.1) is 0 Å². The zero-order valence-electron chi connectivity index (χ0n) is 12.9. The van der Waals surface area contributed by atoms with Gasteiger partial charge in [-0.2, -0.15) is 13.9 Å². The van der Waals surface area contributed by atoms with Gasteiger partial charge in [0.05, 0.1) is 23.9 Å². The predicted molar refractivity (Wildman–Crippen MR) is 85.6 cm³/mol. The van der Waals surface area contributed by atoms with E-state index in [-0.39, 0.29) is 5.75 Å². The Morgan fingerprint density at radius 2 is 2.13 bits per heavy atom. The van der Waals surface area contributed by atoms with Crippen LogP contribution in [0.15, 0.2) is 35.1 Å². The topological polar surface area (TPSA) is 39.5 Å². The van der Waals surface area contributed by atoms with Crippen molar-refractivity contribution in [2.45, 2.75) is 26.7 Å². The van der Waals surface area contributed by atoms with E-state index >= 15 is 0 Å². The van der Waals surface area contributed by atoms with Crippen molar-refractivity contribution in [1.29, 1.82) is 0 Å². The second-order valence-corrected chi connectivity index (χ2v) is 5.86. The molecule has 2 rings (SSSR count). The standard InChI is InChI=1S/C15H18BrF2N3O2/c1-3-22-14-6-11(4-5-13(14)23-15(17)18)8-20(2)10-21-9-12(16)7-19-21/h4-7,9,15H,3,8,10H2,1-2H3. The molecule has 1 heterocycles. The minimum absolute atomic E-state index is 0.0456. The van der Waals surface area contributed by atoms with Gasteiger partial charge in [-0.25, -0.2) is 0 Å². The van der Waals surface area contributed by atoms with Gasteiger partial charge in [0.1, 0.15) is 0 Å². The third-order valence-electron chi connectivity index (χ3n) is 2.96. The number of halogens is 3. The summed E-state index contributed by atoms with van der Waals surface area (Å²) in [6, 6.07) is 4.97. The molecular weight excluding hydrogens is 372 g/mol. The van der Waals surface area contributed by atoms with E-state index in [4.69, 9.17) is 4.74 Å². The molecular formula is C15H18BrF2N3O2. The Balaban J connectivity index is 2.05. The highest BCUT2D eigenvalue weighted by Crippen LogP contribution is 2.30. The monoisotopic (exact) mass is 389 g/mol. The molecule has 8 heteroatoms. The van der Waals surface area contributed by atoms with Crippen LogP contribution >= 0.6 is 15.9 Å². The highest BCUT2D eigenvalue weighted by molar-refractivity contribution is 9.10. The maximum absolute atomic E-state index is 12.4. The molecule has 23 heavy (non-hydrogen) atoms. The van der Waals surface area contributed by atoms with E-state index in [0.29, 0.717) is 25.6 Å². The van der Waals surface area contributed by atoms with Crippen LogP contribution in [0, 0.1) is 0 Å². The molecule has 0 fully saturated rings. The molecule has 0 N–H and O–H groups in total. The molecule has 0 aliphatic carbocycles. The van der Waals surface area contributed by atoms with Crippen molar-refractivity contribution in [2.75, 3.05) is 13.7 Å². The molecule has 0 unspecified atom stereocenters. The fourth-order valence-electron chi connectivity index (χ4n) is 2.14. The first-order valence-corrected chi connectivity index (χ1v) is 7.84. The van der Waals surface area contributed by atoms with Crippen molar-refractivity contribution in [3.05, 3.63) is 40.6 Å². The summed E-state index contributed by atoms with van der Waals surface area (Å²) in [6.07, 6.45) is 3.60. The number of benzene rings is 1. The Hall–Kier alpha value is -1.67. The average molecular weight is 390 g/mol. The summed E-state index contributed by atoms with van der Waals surface area (Å²) >= 11 is 3.35. The number of alkyl halides is 2. The average Bonchev–Trinajstić information content (AvgIpc) is 2.86. The summed E-state index contributed by atoms with van der Waals surface area (Å²) in [4.78, 5) is 2.04. The molecule has 0 atom stereocenters. The Morgan fingerprint density at radius 3 is 2.74 bits per heavy atom. The van der Waals surface area contributed by atoms with Gasteiger partial charge in [0.2, 0.25) is 0 Å². The number of hydrogen-bond donors (Lipinski definition) is 0. The Labute approximate surface area is 141 Å². The van der Waals surface area contributed by atoms with Gasteiger partial charge in [-0.3, -0.25) is 9.58 Å². The lowest BCUT2D eigenvalue weighted by Crippen LogP contribution is -2.21. The van der Waals surface area contributed by atoms with Crippen LogP contribution in [0.25, 0.3) is 0 Å². The molecule has 0 aliphatic heterocycles. The summed E-state index contributed by atoms with van der Waals surface area (Å²) in [5.74, 6) is 0.366. The number of ether oxygens (including phenoxy) is 2. The summed E-state index contributed by atoms with van der Waals surface area (Å²) in [5, 5.41) is 4.19. The zero-order chi connectivity index (χ0) is 16.8. The second kappa shape index (κ2) is 8.26. The molecule has 126 valence electrons. The van der Waals surface area contributed by atoms with Gasteiger partial charge in [0, 0.05) is 12.7 Å². The number of nitrogens with zero attached hydrogens (tertiary/aromatic N) is 3. The van der Waals surface area contributed by atoms with E-state index in [1.807, 2.05) is 18.1 Å². The number of rotatable bonds is 8. The van der Waals surface area contributed by atoms with E-state index < -0.39 is 6.61 Å². The molecule has 1 aromatic carbocycles.